The van der Waals surface area contributed by atoms with E-state index in [2.05, 4.69) is 0 Å². The number of rotatable bonds is 4. The Balaban J connectivity index is 1.56. The topological polar surface area (TPSA) is 198 Å². The number of esters is 5. The molecule has 14 nitrogen and oxygen atoms in total. The van der Waals surface area contributed by atoms with Gasteiger partial charge in [0.25, 0.3) is 0 Å². The van der Waals surface area contributed by atoms with E-state index in [1.54, 1.807) is 20.8 Å². The zero-order valence-electron chi connectivity index (χ0n) is 29.5. The molecule has 0 aromatic rings. The van der Waals surface area contributed by atoms with E-state index in [1.807, 2.05) is 0 Å². The third kappa shape index (κ3) is 4.17. The minimum absolute atomic E-state index is 0.201. The molecule has 1 N–H and O–H groups in total. The van der Waals surface area contributed by atoms with Gasteiger partial charge in [0.15, 0.2) is 23.3 Å². The predicted octanol–water partition coefficient (Wildman–Crippen LogP) is 1.42. The summed E-state index contributed by atoms with van der Waals surface area (Å²) in [4.78, 5) is 94.4. The van der Waals surface area contributed by atoms with Crippen molar-refractivity contribution >= 4 is 41.4 Å². The molecule has 7 aliphatic rings. The van der Waals surface area contributed by atoms with E-state index in [0.29, 0.717) is 5.57 Å². The summed E-state index contributed by atoms with van der Waals surface area (Å²) in [5, 5.41) is 11.7. The molecule has 5 aliphatic carbocycles. The second-order valence-corrected chi connectivity index (χ2v) is 16.3. The van der Waals surface area contributed by atoms with Crippen molar-refractivity contribution in [2.75, 3.05) is 0 Å². The zero-order valence-corrected chi connectivity index (χ0v) is 29.5. The van der Waals surface area contributed by atoms with Gasteiger partial charge >= 0.3 is 29.8 Å². The number of carbonyl (C=O) groups is 7. The molecular formula is C36H44O14. The fourth-order valence-corrected chi connectivity index (χ4v) is 12.0. The number of epoxide rings is 1. The molecule has 2 heterocycles. The van der Waals surface area contributed by atoms with Gasteiger partial charge < -0.3 is 33.5 Å². The summed E-state index contributed by atoms with van der Waals surface area (Å²) in [5.41, 5.74) is -6.14. The number of hydrogen-bond acceptors (Lipinski definition) is 14. The van der Waals surface area contributed by atoms with E-state index in [-0.39, 0.29) is 6.42 Å². The molecule has 0 unspecified atom stereocenters. The molecule has 2 saturated heterocycles. The van der Waals surface area contributed by atoms with Gasteiger partial charge in [-0.2, -0.15) is 0 Å². The van der Waals surface area contributed by atoms with Crippen LogP contribution in [0, 0.1) is 51.8 Å². The fraction of sp³-hybridized carbons (Fsp3) is 0.750. The van der Waals surface area contributed by atoms with E-state index in [1.165, 1.54) is 47.6 Å². The van der Waals surface area contributed by atoms with Crippen LogP contribution in [0.15, 0.2) is 11.6 Å². The Morgan fingerprint density at radius 1 is 0.780 bits per heavy atom. The van der Waals surface area contributed by atoms with Crippen molar-refractivity contribution < 1.29 is 67.1 Å². The lowest BCUT2D eigenvalue weighted by Crippen LogP contribution is -2.75. The van der Waals surface area contributed by atoms with Crippen molar-refractivity contribution in [3.05, 3.63) is 11.6 Å². The molecule has 14 heteroatoms. The Labute approximate surface area is 288 Å². The number of ether oxygens (including phenoxy) is 6. The van der Waals surface area contributed by atoms with E-state index in [4.69, 9.17) is 28.4 Å². The summed E-state index contributed by atoms with van der Waals surface area (Å²) in [6.07, 6.45) is -5.64. The lowest BCUT2D eigenvalue weighted by atomic mass is 9.41. The molecule has 4 saturated carbocycles. The highest BCUT2D eigenvalue weighted by Crippen LogP contribution is 2.75. The van der Waals surface area contributed by atoms with Crippen LogP contribution in [-0.2, 0) is 62.0 Å². The van der Waals surface area contributed by atoms with Crippen molar-refractivity contribution in [3.63, 3.8) is 0 Å². The van der Waals surface area contributed by atoms with Crippen molar-refractivity contribution in [2.24, 2.45) is 51.8 Å². The number of allylic oxidation sites excluding steroid dienone is 2. The SMILES string of the molecule is CC(=O)O[C@H]1[C@H]2[C@H]([C@@H]3[C@H]4OC(=O)[C@@](C)(O)[C@@]5(C)C(=O)C=C(C)[C@@H]([C@@H]45)[C@@]3(C)[C@H]1OC(C)=O)[C@@H](OC(C)=O)C(=O)[C@H]1C[C@@H]3O[C@@H]3[C@H](OC(C)=O)[C@]21C. The van der Waals surface area contributed by atoms with Crippen LogP contribution in [0.5, 0.6) is 0 Å². The number of Topliss-reactive ketones (excluding diaryl/α,β-unsaturated/α-hetero) is 1. The molecule has 0 aromatic heterocycles. The van der Waals surface area contributed by atoms with E-state index < -0.39 is 141 Å². The standard InChI is InChI=1S/C36H44O14/c1-12-10-19(41)35(8)24-21(12)34(7)22(28(24)50-32(43)36(35,9)44)20-23(29(46-14(3)38)31(34)48-16(5)40)33(6)17(25(42)27(20)45-13(2)37)11-18-26(49-18)30(33)47-15(4)39/h10,17-18,20-24,26-31,44H,11H2,1-9H3/t17-,18+,20+,21+,22-,23-,24+,26+,27-,28-,29+,30+,31+,33+,34-,35+,36-/m1/s1. The minimum Gasteiger partial charge on any atom is -0.460 e. The molecule has 50 heavy (non-hydrogen) atoms. The second kappa shape index (κ2) is 10.7. The summed E-state index contributed by atoms with van der Waals surface area (Å²) in [5.74, 6) is -10.5. The first-order valence-corrected chi connectivity index (χ1v) is 17.2. The molecule has 0 aromatic carbocycles. The molecule has 0 spiro atoms. The first-order valence-electron chi connectivity index (χ1n) is 17.2. The highest BCUT2D eigenvalue weighted by Gasteiger charge is 2.84. The quantitative estimate of drug-likeness (QED) is 0.251. The maximum atomic E-state index is 14.9. The van der Waals surface area contributed by atoms with Crippen LogP contribution in [0.4, 0.5) is 0 Å². The average molecular weight is 701 g/mol. The second-order valence-electron chi connectivity index (χ2n) is 16.3. The lowest BCUT2D eigenvalue weighted by Gasteiger charge is -2.65. The number of aliphatic hydroxyl groups is 1. The Kier molecular flexibility index (Phi) is 7.44. The number of fused-ring (bicyclic) bond motifs is 8. The molecule has 272 valence electrons. The van der Waals surface area contributed by atoms with Gasteiger partial charge in [-0.1, -0.05) is 19.4 Å². The Morgan fingerprint density at radius 3 is 1.94 bits per heavy atom. The van der Waals surface area contributed by atoms with E-state index in [9.17, 15) is 38.7 Å². The van der Waals surface area contributed by atoms with Crippen LogP contribution in [0.25, 0.3) is 0 Å². The van der Waals surface area contributed by atoms with Crippen LogP contribution in [0.3, 0.4) is 0 Å². The van der Waals surface area contributed by atoms with Gasteiger partial charge in [0.05, 0.1) is 11.5 Å². The summed E-state index contributed by atoms with van der Waals surface area (Å²) in [7, 11) is 0. The highest BCUT2D eigenvalue weighted by molar-refractivity contribution is 6.03. The first-order chi connectivity index (χ1) is 23.1. The highest BCUT2D eigenvalue weighted by atomic mass is 16.6. The van der Waals surface area contributed by atoms with Gasteiger partial charge in [0.1, 0.15) is 30.5 Å². The van der Waals surface area contributed by atoms with Gasteiger partial charge in [-0.05, 0) is 39.2 Å². The van der Waals surface area contributed by atoms with Gasteiger partial charge in [-0.25, -0.2) is 4.79 Å². The van der Waals surface area contributed by atoms with Crippen LogP contribution >= 0.6 is 0 Å². The minimum atomic E-state index is -2.27. The predicted molar refractivity (Wildman–Crippen MR) is 165 cm³/mol. The third-order valence-corrected chi connectivity index (χ3v) is 13.9. The molecular weight excluding hydrogens is 656 g/mol. The Hall–Kier alpha value is -3.65. The number of hydrogen-bond donors (Lipinski definition) is 1. The lowest BCUT2D eigenvalue weighted by molar-refractivity contribution is -0.274. The van der Waals surface area contributed by atoms with Crippen molar-refractivity contribution in [1.82, 2.24) is 0 Å². The largest absolute Gasteiger partial charge is 0.460 e. The Morgan fingerprint density at radius 2 is 1.36 bits per heavy atom. The fourth-order valence-electron chi connectivity index (χ4n) is 12.0. The molecule has 6 fully saturated rings. The number of ketones is 2. The average Bonchev–Trinajstić information content (AvgIpc) is 3.71. The first kappa shape index (κ1) is 34.8. The van der Waals surface area contributed by atoms with Gasteiger partial charge in [-0.15, -0.1) is 0 Å². The summed E-state index contributed by atoms with van der Waals surface area (Å²) >= 11 is 0. The zero-order chi connectivity index (χ0) is 36.8. The number of carbonyl (C=O) groups excluding carboxylic acids is 7. The normalized spacial score (nSPS) is 50.9. The van der Waals surface area contributed by atoms with Gasteiger partial charge in [-0.3, -0.25) is 28.8 Å². The molecule has 17 atom stereocenters. The summed E-state index contributed by atoms with van der Waals surface area (Å²) in [6, 6.07) is 0. The smallest absolute Gasteiger partial charge is 0.339 e. The van der Waals surface area contributed by atoms with Gasteiger partial charge in [0, 0.05) is 68.1 Å². The van der Waals surface area contributed by atoms with Crippen molar-refractivity contribution in [3.8, 4) is 0 Å². The van der Waals surface area contributed by atoms with E-state index >= 15 is 0 Å². The van der Waals surface area contributed by atoms with Crippen LogP contribution < -0.4 is 0 Å². The maximum absolute atomic E-state index is 14.9. The maximum Gasteiger partial charge on any atom is 0.339 e. The van der Waals surface area contributed by atoms with Crippen LogP contribution in [-0.4, -0.2) is 94.8 Å². The Bertz CT molecular complexity index is 1660. The summed E-state index contributed by atoms with van der Waals surface area (Å²) < 4.78 is 36.4. The van der Waals surface area contributed by atoms with E-state index in [0.717, 1.165) is 0 Å². The summed E-state index contributed by atoms with van der Waals surface area (Å²) in [6.45, 7) is 12.8. The third-order valence-electron chi connectivity index (χ3n) is 13.9. The monoisotopic (exact) mass is 700 g/mol. The van der Waals surface area contributed by atoms with Crippen molar-refractivity contribution in [1.29, 1.82) is 0 Å². The molecule has 0 amide bonds. The van der Waals surface area contributed by atoms with Crippen LogP contribution in [0.2, 0.25) is 0 Å². The molecule has 2 aliphatic heterocycles. The van der Waals surface area contributed by atoms with Crippen molar-refractivity contribution in [2.45, 2.75) is 117 Å². The molecule has 0 bridgehead atoms. The van der Waals surface area contributed by atoms with Gasteiger partial charge in [0.2, 0.25) is 0 Å². The molecule has 0 radical (unpaired) electrons. The molecule has 7 rings (SSSR count). The van der Waals surface area contributed by atoms with Crippen LogP contribution in [0.1, 0.15) is 68.7 Å².